The lowest BCUT2D eigenvalue weighted by Crippen LogP contribution is -2.21. The fourth-order valence-corrected chi connectivity index (χ4v) is 0.799. The Morgan fingerprint density at radius 3 is 2.57 bits per heavy atom. The van der Waals surface area contributed by atoms with Gasteiger partial charge in [-0.3, -0.25) is 0 Å². The second-order valence-electron chi connectivity index (χ2n) is 2.51. The van der Waals surface area contributed by atoms with Gasteiger partial charge in [0.25, 0.3) is 0 Å². The molecule has 74 valence electrons. The van der Waals surface area contributed by atoms with Crippen molar-refractivity contribution in [1.29, 1.82) is 0 Å². The first-order chi connectivity index (χ1) is 6.59. The average molecular weight is 194 g/mol. The molecule has 0 saturated heterocycles. The Morgan fingerprint density at radius 1 is 1.29 bits per heavy atom. The predicted molar refractivity (Wildman–Crippen MR) is 53.2 cm³/mol. The monoisotopic (exact) mass is 194 g/mol. The second kappa shape index (κ2) is 4.13. The number of guanidine groups is 1. The van der Waals surface area contributed by atoms with Crippen molar-refractivity contribution in [1.82, 2.24) is 0 Å². The maximum atomic E-state index is 9.29. The van der Waals surface area contributed by atoms with E-state index in [0.29, 0.717) is 5.56 Å². The highest BCUT2D eigenvalue weighted by molar-refractivity contribution is 5.84. The smallest absolute Gasteiger partial charge is 0.211 e. The van der Waals surface area contributed by atoms with Gasteiger partial charge in [0.15, 0.2) is 0 Å². The number of hydrogen-bond donors (Lipinski definition) is 4. The van der Waals surface area contributed by atoms with Crippen LogP contribution in [-0.4, -0.2) is 22.4 Å². The van der Waals surface area contributed by atoms with Gasteiger partial charge in [-0.2, -0.15) is 5.10 Å². The molecule has 0 amide bonds. The third-order valence-corrected chi connectivity index (χ3v) is 1.38. The molecular weight excluding hydrogens is 184 g/mol. The van der Waals surface area contributed by atoms with Crippen molar-refractivity contribution in [3.63, 3.8) is 0 Å². The van der Waals surface area contributed by atoms with Crippen molar-refractivity contribution >= 4 is 12.2 Å². The molecule has 0 bridgehead atoms. The Bertz CT molecular complexity index is 383. The topological polar surface area (TPSA) is 117 Å². The van der Waals surface area contributed by atoms with Gasteiger partial charge in [-0.25, -0.2) is 0 Å². The minimum atomic E-state index is -0.167. The number of nitrogens with two attached hydrogens (primary N) is 2. The molecule has 0 aliphatic carbocycles. The Labute approximate surface area is 80.2 Å². The van der Waals surface area contributed by atoms with Crippen LogP contribution in [-0.2, 0) is 0 Å². The van der Waals surface area contributed by atoms with Crippen LogP contribution in [0.1, 0.15) is 5.56 Å². The lowest BCUT2D eigenvalue weighted by Gasteiger charge is -1.97. The maximum Gasteiger partial charge on any atom is 0.211 e. The fourth-order valence-electron chi connectivity index (χ4n) is 0.799. The Kier molecular flexibility index (Phi) is 2.90. The summed E-state index contributed by atoms with van der Waals surface area (Å²) in [4.78, 5) is 0. The average Bonchev–Trinajstić information content (AvgIpc) is 2.08. The molecule has 1 aromatic carbocycles. The van der Waals surface area contributed by atoms with Crippen LogP contribution in [0.2, 0.25) is 0 Å². The molecule has 0 atom stereocenters. The molecule has 0 saturated carbocycles. The van der Waals surface area contributed by atoms with Crippen LogP contribution in [0, 0.1) is 0 Å². The first-order valence-corrected chi connectivity index (χ1v) is 3.73. The molecule has 14 heavy (non-hydrogen) atoms. The summed E-state index contributed by atoms with van der Waals surface area (Å²) in [7, 11) is 0. The zero-order valence-electron chi connectivity index (χ0n) is 7.25. The van der Waals surface area contributed by atoms with Gasteiger partial charge in [-0.05, 0) is 12.1 Å². The molecule has 0 aliphatic heterocycles. The number of nitrogens with zero attached hydrogens (tertiary/aromatic N) is 2. The highest BCUT2D eigenvalue weighted by atomic mass is 16.3. The maximum absolute atomic E-state index is 9.29. The van der Waals surface area contributed by atoms with Gasteiger partial charge in [-0.1, -0.05) is 0 Å². The summed E-state index contributed by atoms with van der Waals surface area (Å²) in [6.45, 7) is 0. The predicted octanol–water partition coefficient (Wildman–Crippen LogP) is -0.295. The quantitative estimate of drug-likeness (QED) is 0.294. The highest BCUT2D eigenvalue weighted by Crippen LogP contribution is 2.20. The normalized spacial score (nSPS) is 10.3. The van der Waals surface area contributed by atoms with Gasteiger partial charge in [0.2, 0.25) is 5.96 Å². The van der Waals surface area contributed by atoms with Crippen molar-refractivity contribution in [2.75, 3.05) is 0 Å². The van der Waals surface area contributed by atoms with Crippen molar-refractivity contribution < 1.29 is 10.2 Å². The van der Waals surface area contributed by atoms with Crippen molar-refractivity contribution in [3.8, 4) is 11.5 Å². The number of rotatable bonds is 2. The molecule has 1 aromatic rings. The standard InChI is InChI=1S/C8H10N4O2/c9-8(10)12-11-4-5-1-2-6(13)3-7(5)14/h1-4,13-14H,(H4,9,10,12)/b11-4+. The lowest BCUT2D eigenvalue weighted by molar-refractivity contribution is 0.450. The van der Waals surface area contributed by atoms with E-state index in [1.54, 1.807) is 0 Å². The number of phenolic OH excluding ortho intramolecular Hbond substituents is 2. The van der Waals surface area contributed by atoms with E-state index in [1.165, 1.54) is 24.4 Å². The number of benzene rings is 1. The lowest BCUT2D eigenvalue weighted by atomic mass is 10.2. The summed E-state index contributed by atoms with van der Waals surface area (Å²) in [6.07, 6.45) is 1.27. The van der Waals surface area contributed by atoms with E-state index >= 15 is 0 Å². The SMILES string of the molecule is NC(N)=N/N=C/c1ccc(O)cc1O. The second-order valence-corrected chi connectivity index (χ2v) is 2.51. The van der Waals surface area contributed by atoms with Crippen LogP contribution in [0.15, 0.2) is 28.4 Å². The van der Waals surface area contributed by atoms with Crippen molar-refractivity contribution in [3.05, 3.63) is 23.8 Å². The van der Waals surface area contributed by atoms with Crippen LogP contribution in [0.4, 0.5) is 0 Å². The molecule has 0 fully saturated rings. The largest absolute Gasteiger partial charge is 0.508 e. The third-order valence-electron chi connectivity index (χ3n) is 1.38. The first kappa shape index (κ1) is 9.85. The summed E-state index contributed by atoms with van der Waals surface area (Å²) >= 11 is 0. The van der Waals surface area contributed by atoms with Crippen LogP contribution in [0.5, 0.6) is 11.5 Å². The number of phenols is 2. The molecule has 0 unspecified atom stereocenters. The van der Waals surface area contributed by atoms with E-state index in [2.05, 4.69) is 10.2 Å². The van der Waals surface area contributed by atoms with Gasteiger partial charge in [0.1, 0.15) is 11.5 Å². The molecular formula is C8H10N4O2. The number of hydrogen-bond acceptors (Lipinski definition) is 4. The summed E-state index contributed by atoms with van der Waals surface area (Å²) in [5.41, 5.74) is 10.5. The van der Waals surface area contributed by atoms with Gasteiger partial charge in [0, 0.05) is 11.6 Å². The summed E-state index contributed by atoms with van der Waals surface area (Å²) in [5.74, 6) is -0.291. The number of aromatic hydroxyl groups is 2. The van der Waals surface area contributed by atoms with Gasteiger partial charge < -0.3 is 21.7 Å². The van der Waals surface area contributed by atoms with Crippen LogP contribution in [0.25, 0.3) is 0 Å². The summed E-state index contributed by atoms with van der Waals surface area (Å²) in [6, 6.07) is 4.09. The molecule has 6 heteroatoms. The molecule has 0 aliphatic rings. The van der Waals surface area contributed by atoms with Crippen molar-refractivity contribution in [2.45, 2.75) is 0 Å². The van der Waals surface area contributed by atoms with Gasteiger partial charge in [-0.15, -0.1) is 5.10 Å². The van der Waals surface area contributed by atoms with E-state index in [-0.39, 0.29) is 17.5 Å². The molecule has 6 nitrogen and oxygen atoms in total. The molecule has 1 rings (SSSR count). The third kappa shape index (κ3) is 2.67. The molecule has 0 heterocycles. The zero-order chi connectivity index (χ0) is 10.6. The minimum Gasteiger partial charge on any atom is -0.508 e. The fraction of sp³-hybridized carbons (Fsp3) is 0. The Morgan fingerprint density at radius 2 is 2.00 bits per heavy atom. The highest BCUT2D eigenvalue weighted by Gasteiger charge is 1.98. The minimum absolute atomic E-state index is 0.0264. The summed E-state index contributed by atoms with van der Waals surface area (Å²) < 4.78 is 0. The molecule has 0 spiro atoms. The van der Waals surface area contributed by atoms with E-state index in [4.69, 9.17) is 16.6 Å². The van der Waals surface area contributed by atoms with Crippen LogP contribution >= 0.6 is 0 Å². The van der Waals surface area contributed by atoms with E-state index in [9.17, 15) is 5.11 Å². The Hall–Kier alpha value is -2.24. The molecule has 0 aromatic heterocycles. The zero-order valence-corrected chi connectivity index (χ0v) is 7.25. The molecule has 6 N–H and O–H groups in total. The van der Waals surface area contributed by atoms with E-state index in [0.717, 1.165) is 0 Å². The Balaban J connectivity index is 2.87. The summed E-state index contributed by atoms with van der Waals surface area (Å²) in [5, 5.41) is 25.1. The van der Waals surface area contributed by atoms with Gasteiger partial charge in [0.05, 0.1) is 6.21 Å². The van der Waals surface area contributed by atoms with Crippen LogP contribution < -0.4 is 11.5 Å². The molecule has 0 radical (unpaired) electrons. The van der Waals surface area contributed by atoms with Crippen molar-refractivity contribution in [2.24, 2.45) is 21.7 Å². The van der Waals surface area contributed by atoms with E-state index < -0.39 is 0 Å². The first-order valence-electron chi connectivity index (χ1n) is 3.73. The van der Waals surface area contributed by atoms with E-state index in [1.807, 2.05) is 0 Å². The van der Waals surface area contributed by atoms with Gasteiger partial charge >= 0.3 is 0 Å². The van der Waals surface area contributed by atoms with Crippen LogP contribution in [0.3, 0.4) is 0 Å².